The van der Waals surface area contributed by atoms with E-state index in [9.17, 15) is 14.0 Å². The molecule has 2 aromatic carbocycles. The van der Waals surface area contributed by atoms with Crippen LogP contribution in [0.2, 0.25) is 0 Å². The van der Waals surface area contributed by atoms with Gasteiger partial charge in [0.05, 0.1) is 12.1 Å². The highest BCUT2D eigenvalue weighted by Crippen LogP contribution is 2.34. The van der Waals surface area contributed by atoms with Crippen molar-refractivity contribution in [3.63, 3.8) is 0 Å². The van der Waals surface area contributed by atoms with E-state index in [1.807, 2.05) is 48.0 Å². The maximum Gasteiger partial charge on any atom is 0.253 e. The quantitative estimate of drug-likeness (QED) is 0.803. The van der Waals surface area contributed by atoms with Crippen LogP contribution in [0.15, 0.2) is 48.5 Å². The molecule has 2 aromatic rings. The average molecular weight is 381 g/mol. The largest absolute Gasteiger partial charge is 0.337 e. The number of carbonyl (C=O) groups excluding carboxylic acids is 2. The molecule has 2 fully saturated rings. The van der Waals surface area contributed by atoms with E-state index in [4.69, 9.17) is 0 Å². The Kier molecular flexibility index (Phi) is 4.67. The standard InChI is InChI=1S/C22H24FN3O2/c1-16-6-8-17(9-7-16)21(28)25-11-10-22(14-25)15-26(20(27)13-24(22)2)19-5-3-4-18(23)12-19/h3-9,12H,10-11,13-15H2,1-2H3. The Morgan fingerprint density at radius 2 is 1.86 bits per heavy atom. The molecule has 2 saturated heterocycles. The summed E-state index contributed by atoms with van der Waals surface area (Å²) in [6.07, 6.45) is 0.778. The van der Waals surface area contributed by atoms with Crippen molar-refractivity contribution < 1.29 is 14.0 Å². The molecular weight excluding hydrogens is 357 g/mol. The summed E-state index contributed by atoms with van der Waals surface area (Å²) < 4.78 is 13.7. The molecule has 6 heteroatoms. The molecule has 0 bridgehead atoms. The van der Waals surface area contributed by atoms with E-state index in [1.54, 1.807) is 17.0 Å². The van der Waals surface area contributed by atoms with Gasteiger partial charge in [-0.05, 0) is 50.7 Å². The highest BCUT2D eigenvalue weighted by Gasteiger charge is 2.48. The fraction of sp³-hybridized carbons (Fsp3) is 0.364. The number of nitrogens with zero attached hydrogens (tertiary/aromatic N) is 3. The maximum absolute atomic E-state index is 13.7. The molecule has 1 atom stereocenters. The summed E-state index contributed by atoms with van der Waals surface area (Å²) in [5.74, 6) is -0.401. The van der Waals surface area contributed by atoms with Crippen molar-refractivity contribution in [2.45, 2.75) is 18.9 Å². The summed E-state index contributed by atoms with van der Waals surface area (Å²) in [7, 11) is 1.93. The summed E-state index contributed by atoms with van der Waals surface area (Å²) in [6.45, 7) is 3.89. The van der Waals surface area contributed by atoms with Gasteiger partial charge in [-0.2, -0.15) is 0 Å². The predicted molar refractivity (Wildman–Crippen MR) is 106 cm³/mol. The van der Waals surface area contributed by atoms with E-state index >= 15 is 0 Å². The second-order valence-electron chi connectivity index (χ2n) is 7.88. The van der Waals surface area contributed by atoms with Gasteiger partial charge in [-0.15, -0.1) is 0 Å². The monoisotopic (exact) mass is 381 g/mol. The summed E-state index contributed by atoms with van der Waals surface area (Å²) >= 11 is 0. The first-order chi connectivity index (χ1) is 13.4. The summed E-state index contributed by atoms with van der Waals surface area (Å²) in [5, 5.41) is 0. The van der Waals surface area contributed by atoms with Crippen LogP contribution < -0.4 is 4.90 Å². The summed E-state index contributed by atoms with van der Waals surface area (Å²) in [5.41, 5.74) is 2.05. The Hall–Kier alpha value is -2.73. The smallest absolute Gasteiger partial charge is 0.253 e. The van der Waals surface area contributed by atoms with E-state index in [-0.39, 0.29) is 29.7 Å². The zero-order chi connectivity index (χ0) is 19.9. The van der Waals surface area contributed by atoms with Crippen molar-refractivity contribution in [3.05, 3.63) is 65.5 Å². The molecule has 1 unspecified atom stereocenters. The number of likely N-dealkylation sites (tertiary alicyclic amines) is 1. The van der Waals surface area contributed by atoms with Crippen LogP contribution in [0.4, 0.5) is 10.1 Å². The third-order valence-electron chi connectivity index (χ3n) is 5.97. The number of piperazine rings is 1. The third kappa shape index (κ3) is 3.29. The number of carbonyl (C=O) groups is 2. The van der Waals surface area contributed by atoms with Gasteiger partial charge in [-0.25, -0.2) is 4.39 Å². The topological polar surface area (TPSA) is 43.9 Å². The van der Waals surface area contributed by atoms with Crippen molar-refractivity contribution in [1.29, 1.82) is 0 Å². The van der Waals surface area contributed by atoms with Gasteiger partial charge in [0.1, 0.15) is 5.82 Å². The molecule has 28 heavy (non-hydrogen) atoms. The van der Waals surface area contributed by atoms with Gasteiger partial charge in [0, 0.05) is 30.9 Å². The fourth-order valence-corrected chi connectivity index (χ4v) is 4.19. The number of hydrogen-bond donors (Lipinski definition) is 0. The van der Waals surface area contributed by atoms with Crippen molar-refractivity contribution in [1.82, 2.24) is 9.80 Å². The molecule has 2 heterocycles. The van der Waals surface area contributed by atoms with Crippen LogP contribution in [0.3, 0.4) is 0 Å². The van der Waals surface area contributed by atoms with Crippen LogP contribution >= 0.6 is 0 Å². The van der Waals surface area contributed by atoms with Crippen LogP contribution in [0.5, 0.6) is 0 Å². The Labute approximate surface area is 164 Å². The van der Waals surface area contributed by atoms with Crippen LogP contribution in [0.1, 0.15) is 22.3 Å². The lowest BCUT2D eigenvalue weighted by Crippen LogP contribution is -2.64. The first kappa shape index (κ1) is 18.6. The van der Waals surface area contributed by atoms with Gasteiger partial charge < -0.3 is 9.80 Å². The Morgan fingerprint density at radius 1 is 1.11 bits per heavy atom. The summed E-state index contributed by atoms with van der Waals surface area (Å²) in [4.78, 5) is 31.1. The van der Waals surface area contributed by atoms with Crippen LogP contribution in [-0.2, 0) is 4.79 Å². The second kappa shape index (κ2) is 7.02. The Bertz CT molecular complexity index is 914. The number of rotatable bonds is 2. The molecule has 2 aliphatic rings. The zero-order valence-electron chi connectivity index (χ0n) is 16.2. The first-order valence-corrected chi connectivity index (χ1v) is 9.51. The second-order valence-corrected chi connectivity index (χ2v) is 7.88. The number of benzene rings is 2. The van der Waals surface area contributed by atoms with Crippen LogP contribution in [-0.4, -0.2) is 60.4 Å². The van der Waals surface area contributed by atoms with E-state index in [0.717, 1.165) is 12.0 Å². The van der Waals surface area contributed by atoms with E-state index in [0.29, 0.717) is 30.9 Å². The number of hydrogen-bond acceptors (Lipinski definition) is 3. The minimum Gasteiger partial charge on any atom is -0.337 e. The Morgan fingerprint density at radius 3 is 2.57 bits per heavy atom. The molecule has 0 saturated carbocycles. The lowest BCUT2D eigenvalue weighted by atomic mass is 9.92. The SMILES string of the molecule is Cc1ccc(C(=O)N2CCC3(C2)CN(c2cccc(F)c2)C(=O)CN3C)cc1. The van der Waals surface area contributed by atoms with Crippen molar-refractivity contribution >= 4 is 17.5 Å². The Balaban J connectivity index is 1.56. The van der Waals surface area contributed by atoms with Gasteiger partial charge in [-0.3, -0.25) is 14.5 Å². The normalized spacial score (nSPS) is 22.9. The minimum atomic E-state index is -0.360. The lowest BCUT2D eigenvalue weighted by molar-refractivity contribution is -0.123. The number of likely N-dealkylation sites (N-methyl/N-ethyl adjacent to an activating group) is 1. The summed E-state index contributed by atoms with van der Waals surface area (Å²) in [6, 6.07) is 13.7. The average Bonchev–Trinajstić information content (AvgIpc) is 3.10. The molecule has 0 N–H and O–H groups in total. The highest BCUT2D eigenvalue weighted by atomic mass is 19.1. The molecule has 1 spiro atoms. The van der Waals surface area contributed by atoms with Crippen LogP contribution in [0, 0.1) is 12.7 Å². The molecule has 2 aliphatic heterocycles. The number of anilines is 1. The molecular formula is C22H24FN3O2. The van der Waals surface area contributed by atoms with E-state index in [2.05, 4.69) is 0 Å². The van der Waals surface area contributed by atoms with E-state index in [1.165, 1.54) is 12.1 Å². The van der Waals surface area contributed by atoms with E-state index < -0.39 is 0 Å². The highest BCUT2D eigenvalue weighted by molar-refractivity contribution is 5.97. The minimum absolute atomic E-state index is 0.0134. The van der Waals surface area contributed by atoms with Gasteiger partial charge in [0.15, 0.2) is 0 Å². The lowest BCUT2D eigenvalue weighted by Gasteiger charge is -2.46. The van der Waals surface area contributed by atoms with Gasteiger partial charge >= 0.3 is 0 Å². The number of aryl methyl sites for hydroxylation is 1. The molecule has 2 amide bonds. The van der Waals surface area contributed by atoms with Crippen molar-refractivity contribution in [2.75, 3.05) is 38.1 Å². The van der Waals surface area contributed by atoms with Crippen molar-refractivity contribution in [3.8, 4) is 0 Å². The molecule has 146 valence electrons. The number of halogens is 1. The molecule has 0 radical (unpaired) electrons. The zero-order valence-corrected chi connectivity index (χ0v) is 16.2. The fourth-order valence-electron chi connectivity index (χ4n) is 4.19. The van der Waals surface area contributed by atoms with Crippen molar-refractivity contribution in [2.24, 2.45) is 0 Å². The molecule has 0 aromatic heterocycles. The molecule has 4 rings (SSSR count). The molecule has 0 aliphatic carbocycles. The van der Waals surface area contributed by atoms with Crippen LogP contribution in [0.25, 0.3) is 0 Å². The number of amides is 2. The van der Waals surface area contributed by atoms with Gasteiger partial charge in [-0.1, -0.05) is 23.8 Å². The maximum atomic E-state index is 13.7. The first-order valence-electron chi connectivity index (χ1n) is 9.51. The van der Waals surface area contributed by atoms with Gasteiger partial charge in [0.2, 0.25) is 5.91 Å². The third-order valence-corrected chi connectivity index (χ3v) is 5.97. The predicted octanol–water partition coefficient (Wildman–Crippen LogP) is 2.70. The molecule has 5 nitrogen and oxygen atoms in total. The van der Waals surface area contributed by atoms with Gasteiger partial charge in [0.25, 0.3) is 5.91 Å².